The van der Waals surface area contributed by atoms with Crippen LogP contribution in [0.15, 0.2) is 28.7 Å². The smallest absolute Gasteiger partial charge is 0.0735 e. The second-order valence-corrected chi connectivity index (χ2v) is 4.52. The van der Waals surface area contributed by atoms with Crippen LogP contribution in [-0.4, -0.2) is 17.8 Å². The molecule has 2 rings (SSSR count). The van der Waals surface area contributed by atoms with Crippen LogP contribution in [-0.2, 0) is 0 Å². The largest absolute Gasteiger partial charge is 0.391 e. The molecular weight excluding hydrogens is 277 g/mol. The van der Waals surface area contributed by atoms with Crippen LogP contribution in [0.25, 0.3) is 0 Å². The normalized spacial score (nSPS) is 25.7. The van der Waals surface area contributed by atoms with E-state index in [-0.39, 0.29) is 24.6 Å². The average molecular weight is 293 g/mol. The van der Waals surface area contributed by atoms with Gasteiger partial charge in [0, 0.05) is 4.47 Å². The van der Waals surface area contributed by atoms with E-state index in [1.165, 1.54) is 0 Å². The number of aliphatic hydroxyl groups excluding tert-OH is 1. The molecule has 1 aromatic rings. The minimum Gasteiger partial charge on any atom is -0.391 e. The lowest BCUT2D eigenvalue weighted by Crippen LogP contribution is -2.37. The molecule has 1 aliphatic heterocycles. The molecule has 2 N–H and O–H groups in total. The topological polar surface area (TPSA) is 32.3 Å². The number of aliphatic hydroxyl groups is 1. The van der Waals surface area contributed by atoms with Crippen molar-refractivity contribution >= 4 is 28.3 Å². The number of piperidine rings is 1. The Morgan fingerprint density at radius 3 is 2.73 bits per heavy atom. The molecule has 0 amide bonds. The molecule has 2 nitrogen and oxygen atoms in total. The summed E-state index contributed by atoms with van der Waals surface area (Å²) in [6.07, 6.45) is 1.68. The van der Waals surface area contributed by atoms with Crippen LogP contribution in [0, 0.1) is 0 Å². The Hall–Kier alpha value is -0.0900. The van der Waals surface area contributed by atoms with Crippen molar-refractivity contribution < 1.29 is 5.11 Å². The van der Waals surface area contributed by atoms with Gasteiger partial charge in [0.25, 0.3) is 0 Å². The van der Waals surface area contributed by atoms with Crippen molar-refractivity contribution in [3.63, 3.8) is 0 Å². The van der Waals surface area contributed by atoms with Gasteiger partial charge in [0.1, 0.15) is 0 Å². The lowest BCUT2D eigenvalue weighted by atomic mass is 9.95. The molecule has 2 unspecified atom stereocenters. The predicted octanol–water partition coefficient (Wildman–Crippen LogP) is 2.66. The van der Waals surface area contributed by atoms with E-state index in [0.717, 1.165) is 29.4 Å². The van der Waals surface area contributed by atoms with E-state index in [1.807, 2.05) is 18.2 Å². The fourth-order valence-electron chi connectivity index (χ4n) is 1.92. The molecule has 0 bridgehead atoms. The second kappa shape index (κ2) is 5.85. The summed E-state index contributed by atoms with van der Waals surface area (Å²) in [6.45, 7) is 0.989. The summed E-state index contributed by atoms with van der Waals surface area (Å²) >= 11 is 3.51. The highest BCUT2D eigenvalue weighted by molar-refractivity contribution is 9.10. The first-order valence-corrected chi connectivity index (χ1v) is 5.74. The summed E-state index contributed by atoms with van der Waals surface area (Å²) < 4.78 is 1.07. The highest BCUT2D eigenvalue weighted by atomic mass is 79.9. The maximum absolute atomic E-state index is 9.86. The van der Waals surface area contributed by atoms with Crippen LogP contribution in [0.1, 0.15) is 24.4 Å². The average Bonchev–Trinajstić information content (AvgIpc) is 2.20. The summed E-state index contributed by atoms with van der Waals surface area (Å²) in [5, 5.41) is 13.2. The fraction of sp³-hybridized carbons (Fsp3) is 0.455. The van der Waals surface area contributed by atoms with Crippen molar-refractivity contribution in [1.82, 2.24) is 5.32 Å². The number of hydrogen-bond donors (Lipinski definition) is 2. The standard InChI is InChI=1S/C11H14BrNO.ClH/c12-9-5-2-1-4-8(9)11-10(14)6-3-7-13-11;/h1-2,4-5,10-11,13-14H,3,6-7H2;1H. The molecule has 1 heterocycles. The third-order valence-corrected chi connectivity index (χ3v) is 3.39. The van der Waals surface area contributed by atoms with E-state index in [9.17, 15) is 5.11 Å². The van der Waals surface area contributed by atoms with E-state index < -0.39 is 0 Å². The zero-order valence-electron chi connectivity index (χ0n) is 8.32. The quantitative estimate of drug-likeness (QED) is 0.834. The molecule has 0 aliphatic carbocycles. The third-order valence-electron chi connectivity index (χ3n) is 2.67. The van der Waals surface area contributed by atoms with E-state index in [0.29, 0.717) is 0 Å². The molecule has 2 atom stereocenters. The summed E-state index contributed by atoms with van der Waals surface area (Å²) in [4.78, 5) is 0. The molecule has 4 heteroatoms. The Morgan fingerprint density at radius 2 is 2.07 bits per heavy atom. The molecule has 0 saturated carbocycles. The number of rotatable bonds is 1. The number of benzene rings is 1. The Balaban J connectivity index is 0.00000112. The minimum absolute atomic E-state index is 0. The minimum atomic E-state index is -0.262. The molecule has 1 fully saturated rings. The lowest BCUT2D eigenvalue weighted by Gasteiger charge is -2.29. The molecule has 84 valence electrons. The summed E-state index contributed by atoms with van der Waals surface area (Å²) in [5.41, 5.74) is 1.15. The van der Waals surface area contributed by atoms with Crippen LogP contribution in [0.3, 0.4) is 0 Å². The van der Waals surface area contributed by atoms with Crippen molar-refractivity contribution in [2.75, 3.05) is 6.54 Å². The molecule has 0 radical (unpaired) electrons. The van der Waals surface area contributed by atoms with E-state index in [4.69, 9.17) is 0 Å². The van der Waals surface area contributed by atoms with Gasteiger partial charge in [0.15, 0.2) is 0 Å². The monoisotopic (exact) mass is 291 g/mol. The van der Waals surface area contributed by atoms with Gasteiger partial charge < -0.3 is 10.4 Å². The first-order chi connectivity index (χ1) is 6.79. The molecule has 15 heavy (non-hydrogen) atoms. The SMILES string of the molecule is Cl.OC1CCCNC1c1ccccc1Br. The molecule has 1 saturated heterocycles. The van der Waals surface area contributed by atoms with Crippen LogP contribution < -0.4 is 5.32 Å². The van der Waals surface area contributed by atoms with Gasteiger partial charge in [-0.25, -0.2) is 0 Å². The molecule has 1 aromatic carbocycles. The predicted molar refractivity (Wildman–Crippen MR) is 67.4 cm³/mol. The first kappa shape index (κ1) is 13.0. The van der Waals surface area contributed by atoms with E-state index >= 15 is 0 Å². The van der Waals surface area contributed by atoms with Gasteiger partial charge in [-0.15, -0.1) is 12.4 Å². The number of nitrogens with one attached hydrogen (secondary N) is 1. The molecule has 0 spiro atoms. The second-order valence-electron chi connectivity index (χ2n) is 3.66. The molecule has 1 aliphatic rings. The Kier molecular flexibility index (Phi) is 5.06. The summed E-state index contributed by atoms with van der Waals surface area (Å²) in [6, 6.07) is 8.14. The fourth-order valence-corrected chi connectivity index (χ4v) is 2.45. The zero-order valence-corrected chi connectivity index (χ0v) is 10.7. The van der Waals surface area contributed by atoms with Crippen molar-refractivity contribution in [3.8, 4) is 0 Å². The van der Waals surface area contributed by atoms with Crippen LogP contribution >= 0.6 is 28.3 Å². The van der Waals surface area contributed by atoms with Gasteiger partial charge in [0.2, 0.25) is 0 Å². The Bertz CT molecular complexity index is 321. The highest BCUT2D eigenvalue weighted by Gasteiger charge is 2.25. The van der Waals surface area contributed by atoms with E-state index in [2.05, 4.69) is 27.3 Å². The van der Waals surface area contributed by atoms with Crippen LogP contribution in [0.5, 0.6) is 0 Å². The first-order valence-electron chi connectivity index (χ1n) is 4.95. The van der Waals surface area contributed by atoms with Gasteiger partial charge in [-0.3, -0.25) is 0 Å². The molecular formula is C11H15BrClNO. The van der Waals surface area contributed by atoms with Gasteiger partial charge >= 0.3 is 0 Å². The lowest BCUT2D eigenvalue weighted by molar-refractivity contribution is 0.0962. The zero-order chi connectivity index (χ0) is 9.97. The van der Waals surface area contributed by atoms with Crippen molar-refractivity contribution in [3.05, 3.63) is 34.3 Å². The third kappa shape index (κ3) is 2.94. The van der Waals surface area contributed by atoms with Gasteiger partial charge in [0.05, 0.1) is 12.1 Å². The summed E-state index contributed by atoms with van der Waals surface area (Å²) in [7, 11) is 0. The van der Waals surface area contributed by atoms with Crippen LogP contribution in [0.2, 0.25) is 0 Å². The van der Waals surface area contributed by atoms with Gasteiger partial charge in [-0.05, 0) is 31.0 Å². The highest BCUT2D eigenvalue weighted by Crippen LogP contribution is 2.28. The Morgan fingerprint density at radius 1 is 1.33 bits per heavy atom. The Labute approximate surface area is 105 Å². The summed E-state index contributed by atoms with van der Waals surface area (Å²) in [5.74, 6) is 0. The van der Waals surface area contributed by atoms with Crippen molar-refractivity contribution in [1.29, 1.82) is 0 Å². The van der Waals surface area contributed by atoms with E-state index in [1.54, 1.807) is 0 Å². The van der Waals surface area contributed by atoms with Crippen LogP contribution in [0.4, 0.5) is 0 Å². The maximum Gasteiger partial charge on any atom is 0.0735 e. The van der Waals surface area contributed by atoms with Crippen molar-refractivity contribution in [2.24, 2.45) is 0 Å². The molecule has 0 aromatic heterocycles. The maximum atomic E-state index is 9.86. The van der Waals surface area contributed by atoms with Crippen molar-refractivity contribution in [2.45, 2.75) is 25.0 Å². The number of hydrogen-bond acceptors (Lipinski definition) is 2. The van der Waals surface area contributed by atoms with Gasteiger partial charge in [-0.1, -0.05) is 34.1 Å². The van der Waals surface area contributed by atoms with Gasteiger partial charge in [-0.2, -0.15) is 0 Å². The number of halogens is 2.